The van der Waals surface area contributed by atoms with Crippen molar-refractivity contribution in [2.24, 2.45) is 7.05 Å². The van der Waals surface area contributed by atoms with E-state index in [0.29, 0.717) is 10.9 Å². The second-order valence-corrected chi connectivity index (χ2v) is 7.08. The molecule has 0 saturated carbocycles. The molecular weight excluding hydrogens is 296 g/mol. The lowest BCUT2D eigenvalue weighted by molar-refractivity contribution is 0.535. The van der Waals surface area contributed by atoms with Crippen LogP contribution in [0, 0.1) is 11.3 Å². The van der Waals surface area contributed by atoms with Gasteiger partial charge in [0, 0.05) is 29.1 Å². The van der Waals surface area contributed by atoms with Crippen molar-refractivity contribution in [3.05, 3.63) is 70.1 Å². The molecule has 2 aromatic carbocycles. The van der Waals surface area contributed by atoms with Gasteiger partial charge in [-0.05, 0) is 29.1 Å². The van der Waals surface area contributed by atoms with Gasteiger partial charge in [-0.2, -0.15) is 5.26 Å². The highest BCUT2D eigenvalue weighted by Crippen LogP contribution is 2.37. The van der Waals surface area contributed by atoms with Crippen molar-refractivity contribution in [3.63, 3.8) is 0 Å². The molecule has 1 aromatic heterocycles. The first-order valence-electron chi connectivity index (χ1n) is 7.97. The zero-order valence-corrected chi connectivity index (χ0v) is 14.4. The molecule has 0 atom stereocenters. The number of nitriles is 1. The van der Waals surface area contributed by atoms with Crippen LogP contribution in [-0.2, 0) is 12.5 Å². The molecule has 0 aliphatic heterocycles. The molecule has 0 unspecified atom stereocenters. The maximum absolute atomic E-state index is 12.9. The molecule has 0 bridgehead atoms. The third-order valence-corrected chi connectivity index (χ3v) is 4.30. The third-order valence-electron chi connectivity index (χ3n) is 4.30. The van der Waals surface area contributed by atoms with Gasteiger partial charge in [0.15, 0.2) is 0 Å². The standard InChI is InChI=1S/C21H20N2O/c1-21(2,3)19-18(15-8-6-5-7-9-15)17-12-14(13-22)10-11-16(17)20(24)23(19)4/h5-12H,1-4H3. The zero-order valence-electron chi connectivity index (χ0n) is 14.4. The van der Waals surface area contributed by atoms with Crippen molar-refractivity contribution in [2.45, 2.75) is 26.2 Å². The summed E-state index contributed by atoms with van der Waals surface area (Å²) in [6.45, 7) is 6.32. The molecule has 0 N–H and O–H groups in total. The summed E-state index contributed by atoms with van der Waals surface area (Å²) in [6.07, 6.45) is 0. The van der Waals surface area contributed by atoms with Gasteiger partial charge in [0.05, 0.1) is 11.6 Å². The summed E-state index contributed by atoms with van der Waals surface area (Å²) in [5, 5.41) is 10.8. The quantitative estimate of drug-likeness (QED) is 0.669. The summed E-state index contributed by atoms with van der Waals surface area (Å²) in [5.41, 5.74) is 3.37. The summed E-state index contributed by atoms with van der Waals surface area (Å²) < 4.78 is 1.75. The van der Waals surface area contributed by atoms with Gasteiger partial charge in [0.1, 0.15) is 0 Å². The van der Waals surface area contributed by atoms with E-state index in [0.717, 1.165) is 22.2 Å². The summed E-state index contributed by atoms with van der Waals surface area (Å²) in [7, 11) is 1.83. The lowest BCUT2D eigenvalue weighted by Gasteiger charge is -2.27. The van der Waals surface area contributed by atoms with Crippen molar-refractivity contribution >= 4 is 10.8 Å². The molecule has 0 radical (unpaired) electrons. The number of benzene rings is 2. The van der Waals surface area contributed by atoms with Crippen LogP contribution in [0.25, 0.3) is 21.9 Å². The maximum Gasteiger partial charge on any atom is 0.258 e. The Labute approximate surface area is 141 Å². The topological polar surface area (TPSA) is 45.8 Å². The first-order chi connectivity index (χ1) is 11.3. The van der Waals surface area contributed by atoms with Gasteiger partial charge in [-0.3, -0.25) is 4.79 Å². The largest absolute Gasteiger partial charge is 0.314 e. The molecule has 3 heteroatoms. The Morgan fingerprint density at radius 2 is 1.67 bits per heavy atom. The fraction of sp³-hybridized carbons (Fsp3) is 0.238. The Hall–Kier alpha value is -2.86. The number of hydrogen-bond donors (Lipinski definition) is 0. The number of hydrogen-bond acceptors (Lipinski definition) is 2. The molecule has 3 rings (SSSR count). The molecule has 3 aromatic rings. The summed E-state index contributed by atoms with van der Waals surface area (Å²) in [4.78, 5) is 12.9. The van der Waals surface area contributed by atoms with Crippen molar-refractivity contribution in [1.29, 1.82) is 5.26 Å². The molecule has 1 heterocycles. The first kappa shape index (κ1) is 16.0. The van der Waals surface area contributed by atoms with Crippen LogP contribution in [-0.4, -0.2) is 4.57 Å². The summed E-state index contributed by atoms with van der Waals surface area (Å²) in [6, 6.07) is 17.5. The predicted octanol–water partition coefficient (Wildman–Crippen LogP) is 4.37. The van der Waals surface area contributed by atoms with Crippen LogP contribution in [0.15, 0.2) is 53.3 Å². The number of pyridine rings is 1. The summed E-state index contributed by atoms with van der Waals surface area (Å²) in [5.74, 6) is 0. The van der Waals surface area contributed by atoms with E-state index in [2.05, 4.69) is 26.8 Å². The van der Waals surface area contributed by atoms with Crippen LogP contribution < -0.4 is 5.56 Å². The second kappa shape index (κ2) is 5.65. The fourth-order valence-corrected chi connectivity index (χ4v) is 3.36. The first-order valence-corrected chi connectivity index (χ1v) is 7.97. The average molecular weight is 316 g/mol. The highest BCUT2D eigenvalue weighted by Gasteiger charge is 2.25. The van der Waals surface area contributed by atoms with E-state index >= 15 is 0 Å². The minimum Gasteiger partial charge on any atom is -0.314 e. The lowest BCUT2D eigenvalue weighted by atomic mass is 9.83. The van der Waals surface area contributed by atoms with Crippen molar-refractivity contribution < 1.29 is 0 Å². The number of aromatic nitrogens is 1. The minimum absolute atomic E-state index is 0.0286. The van der Waals surface area contributed by atoms with Crippen LogP contribution >= 0.6 is 0 Å². The predicted molar refractivity (Wildman–Crippen MR) is 98.0 cm³/mol. The van der Waals surface area contributed by atoms with Gasteiger partial charge in [0.25, 0.3) is 5.56 Å². The zero-order chi connectivity index (χ0) is 17.5. The molecule has 3 nitrogen and oxygen atoms in total. The Morgan fingerprint density at radius 3 is 2.25 bits per heavy atom. The number of rotatable bonds is 1. The highest BCUT2D eigenvalue weighted by atomic mass is 16.1. The highest BCUT2D eigenvalue weighted by molar-refractivity contribution is 5.98. The van der Waals surface area contributed by atoms with Crippen LogP contribution in [0.1, 0.15) is 32.0 Å². The number of fused-ring (bicyclic) bond motifs is 1. The molecule has 0 spiro atoms. The Kier molecular flexibility index (Phi) is 3.77. The van der Waals surface area contributed by atoms with Crippen LogP contribution in [0.5, 0.6) is 0 Å². The van der Waals surface area contributed by atoms with Crippen molar-refractivity contribution in [2.75, 3.05) is 0 Å². The molecule has 0 amide bonds. The van der Waals surface area contributed by atoms with E-state index in [1.54, 1.807) is 16.7 Å². The minimum atomic E-state index is -0.212. The third kappa shape index (κ3) is 2.51. The lowest BCUT2D eigenvalue weighted by Crippen LogP contribution is -2.29. The van der Waals surface area contributed by atoms with Gasteiger partial charge < -0.3 is 4.57 Å². The molecule has 0 saturated heterocycles. The molecule has 0 aliphatic carbocycles. The smallest absolute Gasteiger partial charge is 0.258 e. The Balaban J connectivity index is 2.60. The van der Waals surface area contributed by atoms with Crippen LogP contribution in [0.2, 0.25) is 0 Å². The van der Waals surface area contributed by atoms with E-state index < -0.39 is 0 Å². The molecule has 120 valence electrons. The van der Waals surface area contributed by atoms with E-state index in [1.807, 2.05) is 43.4 Å². The normalized spacial score (nSPS) is 11.5. The van der Waals surface area contributed by atoms with E-state index in [-0.39, 0.29) is 11.0 Å². The maximum atomic E-state index is 12.9. The molecule has 0 fully saturated rings. The van der Waals surface area contributed by atoms with Gasteiger partial charge in [-0.1, -0.05) is 51.1 Å². The van der Waals surface area contributed by atoms with Gasteiger partial charge >= 0.3 is 0 Å². The average Bonchev–Trinajstić information content (AvgIpc) is 2.57. The molecular formula is C21H20N2O. The van der Waals surface area contributed by atoms with E-state index in [1.165, 1.54) is 0 Å². The fourth-order valence-electron chi connectivity index (χ4n) is 3.36. The second-order valence-electron chi connectivity index (χ2n) is 7.08. The van der Waals surface area contributed by atoms with Crippen LogP contribution in [0.4, 0.5) is 0 Å². The van der Waals surface area contributed by atoms with Gasteiger partial charge in [0.2, 0.25) is 0 Å². The molecule has 24 heavy (non-hydrogen) atoms. The molecule has 0 aliphatic rings. The SMILES string of the molecule is Cn1c(C(C)(C)C)c(-c2ccccc2)c2cc(C#N)ccc2c1=O. The van der Waals surface area contributed by atoms with Crippen LogP contribution in [0.3, 0.4) is 0 Å². The van der Waals surface area contributed by atoms with Crippen molar-refractivity contribution in [1.82, 2.24) is 4.57 Å². The van der Waals surface area contributed by atoms with E-state index in [9.17, 15) is 10.1 Å². The van der Waals surface area contributed by atoms with Gasteiger partial charge in [-0.15, -0.1) is 0 Å². The van der Waals surface area contributed by atoms with Gasteiger partial charge in [-0.25, -0.2) is 0 Å². The van der Waals surface area contributed by atoms with E-state index in [4.69, 9.17) is 0 Å². The van der Waals surface area contributed by atoms with Crippen molar-refractivity contribution in [3.8, 4) is 17.2 Å². The Morgan fingerprint density at radius 1 is 1.00 bits per heavy atom. The summed E-state index contributed by atoms with van der Waals surface area (Å²) >= 11 is 0. The Bertz CT molecular complexity index is 1020. The number of nitrogens with zero attached hydrogens (tertiary/aromatic N) is 2. The monoisotopic (exact) mass is 316 g/mol.